The predicted molar refractivity (Wildman–Crippen MR) is 162 cm³/mol. The fourth-order valence-electron chi connectivity index (χ4n) is 12.8. The third-order valence-electron chi connectivity index (χ3n) is 13.1. The molecule has 222 valence electrons. The van der Waals surface area contributed by atoms with Crippen LogP contribution in [-0.2, 0) is 20.4 Å². The van der Waals surface area contributed by atoms with Gasteiger partial charge < -0.3 is 20.8 Å². The monoisotopic (exact) mass is 568 g/mol. The number of phenols is 2. The summed E-state index contributed by atoms with van der Waals surface area (Å²) >= 11 is 0. The Kier molecular flexibility index (Phi) is 5.55. The van der Waals surface area contributed by atoms with Gasteiger partial charge in [0, 0.05) is 13.8 Å². The Balaban J connectivity index is 1.19. The van der Waals surface area contributed by atoms with Crippen LogP contribution in [0.25, 0.3) is 0 Å². The average Bonchev–Trinajstić information content (AvgIpc) is 2.89. The highest BCUT2D eigenvalue weighted by molar-refractivity contribution is 5.91. The summed E-state index contributed by atoms with van der Waals surface area (Å²) in [6, 6.07) is 12.0. The number of hydrogen-bond acceptors (Lipinski definition) is 4. The van der Waals surface area contributed by atoms with Gasteiger partial charge in [-0.2, -0.15) is 0 Å². The van der Waals surface area contributed by atoms with Crippen molar-refractivity contribution in [2.75, 3.05) is 10.6 Å². The minimum Gasteiger partial charge on any atom is -0.506 e. The molecule has 0 aliphatic heterocycles. The molecule has 0 radical (unpaired) electrons. The van der Waals surface area contributed by atoms with Gasteiger partial charge in [-0.3, -0.25) is 9.59 Å². The number of hydrogen-bond donors (Lipinski definition) is 4. The number of carbonyl (C=O) groups is 2. The molecule has 2 aromatic rings. The molecule has 0 saturated heterocycles. The minimum absolute atomic E-state index is 0.110. The molecule has 10 rings (SSSR count). The first kappa shape index (κ1) is 26.6. The topological polar surface area (TPSA) is 98.7 Å². The van der Waals surface area contributed by atoms with E-state index in [-0.39, 0.29) is 34.1 Å². The second kappa shape index (κ2) is 8.76. The van der Waals surface area contributed by atoms with Gasteiger partial charge in [0.25, 0.3) is 0 Å². The van der Waals surface area contributed by atoms with Gasteiger partial charge in [-0.25, -0.2) is 0 Å². The van der Waals surface area contributed by atoms with Crippen molar-refractivity contribution < 1.29 is 19.8 Å². The molecule has 2 amide bonds. The van der Waals surface area contributed by atoms with Crippen molar-refractivity contribution in [3.63, 3.8) is 0 Å². The largest absolute Gasteiger partial charge is 0.506 e. The van der Waals surface area contributed by atoms with Crippen LogP contribution in [0.3, 0.4) is 0 Å². The van der Waals surface area contributed by atoms with Crippen LogP contribution in [0.4, 0.5) is 11.4 Å². The molecule has 4 N–H and O–H groups in total. The molecule has 4 atom stereocenters. The van der Waals surface area contributed by atoms with Crippen LogP contribution in [0.2, 0.25) is 0 Å². The van der Waals surface area contributed by atoms with Crippen molar-refractivity contribution in [1.82, 2.24) is 0 Å². The standard InChI is InChI=1S/C36H44N2O4/c1-21(39)37-29-9-27(3-5-31(29)41)33-11-23-7-24(12-33)16-35(15-23,19-33)36-17-25-8-26(18-36)14-34(13-25,20-36)28-4-6-32(42)30(10-28)38-22(2)40/h3-6,9-10,23-26,41-42H,7-8,11-20H2,1-2H3,(H,37,39)(H,38,40). The third kappa shape index (κ3) is 3.82. The van der Waals surface area contributed by atoms with Gasteiger partial charge in [-0.05, 0) is 158 Å². The lowest BCUT2D eigenvalue weighted by Crippen LogP contribution is -2.66. The maximum absolute atomic E-state index is 11.9. The molecule has 6 heteroatoms. The van der Waals surface area contributed by atoms with Gasteiger partial charge in [-0.15, -0.1) is 0 Å². The average molecular weight is 569 g/mol. The molecule has 8 aliphatic carbocycles. The van der Waals surface area contributed by atoms with Crippen LogP contribution in [0.1, 0.15) is 102 Å². The van der Waals surface area contributed by atoms with Crippen molar-refractivity contribution in [2.45, 2.75) is 102 Å². The summed E-state index contributed by atoms with van der Waals surface area (Å²) in [6.07, 6.45) is 15.5. The van der Waals surface area contributed by atoms with E-state index in [2.05, 4.69) is 34.9 Å². The van der Waals surface area contributed by atoms with Crippen molar-refractivity contribution in [3.05, 3.63) is 47.5 Å². The Labute approximate surface area is 248 Å². The van der Waals surface area contributed by atoms with E-state index in [0.29, 0.717) is 22.2 Å². The molecule has 8 saturated carbocycles. The summed E-state index contributed by atoms with van der Waals surface area (Å²) < 4.78 is 0. The Hall–Kier alpha value is -3.02. The van der Waals surface area contributed by atoms with Crippen LogP contribution in [0.5, 0.6) is 11.5 Å². The molecule has 4 unspecified atom stereocenters. The van der Waals surface area contributed by atoms with E-state index in [4.69, 9.17) is 0 Å². The molecule has 0 heterocycles. The first-order valence-electron chi connectivity index (χ1n) is 16.2. The number of amides is 2. The lowest BCUT2D eigenvalue weighted by atomic mass is 9.30. The summed E-state index contributed by atoms with van der Waals surface area (Å²) in [7, 11) is 0. The van der Waals surface area contributed by atoms with Gasteiger partial charge in [0.1, 0.15) is 11.5 Å². The number of carbonyl (C=O) groups excluding carboxylic acids is 2. The summed E-state index contributed by atoms with van der Waals surface area (Å²) in [5, 5.41) is 26.8. The van der Waals surface area contributed by atoms with E-state index in [1.807, 2.05) is 0 Å². The lowest BCUT2D eigenvalue weighted by molar-refractivity contribution is -0.212. The number of anilines is 2. The van der Waals surface area contributed by atoms with E-state index in [1.165, 1.54) is 102 Å². The van der Waals surface area contributed by atoms with Gasteiger partial charge >= 0.3 is 0 Å². The van der Waals surface area contributed by atoms with Gasteiger partial charge in [0.2, 0.25) is 11.8 Å². The predicted octanol–water partition coefficient (Wildman–Crippen LogP) is 7.39. The number of aromatic hydroxyl groups is 2. The first-order chi connectivity index (χ1) is 20.0. The molecular weight excluding hydrogens is 524 g/mol. The molecule has 8 bridgehead atoms. The van der Waals surface area contributed by atoms with Crippen LogP contribution < -0.4 is 10.6 Å². The zero-order valence-corrected chi connectivity index (χ0v) is 25.0. The Bertz CT molecular complexity index is 1360. The highest BCUT2D eigenvalue weighted by Gasteiger charge is 2.70. The minimum atomic E-state index is -0.154. The van der Waals surface area contributed by atoms with E-state index in [0.717, 1.165) is 23.7 Å². The second-order valence-electron chi connectivity index (χ2n) is 15.9. The number of rotatable bonds is 5. The van der Waals surface area contributed by atoms with Gasteiger partial charge in [-0.1, -0.05) is 12.1 Å². The highest BCUT2D eigenvalue weighted by Crippen LogP contribution is 2.78. The van der Waals surface area contributed by atoms with Crippen molar-refractivity contribution >= 4 is 23.2 Å². The molecule has 8 fully saturated rings. The second-order valence-corrected chi connectivity index (χ2v) is 15.9. The smallest absolute Gasteiger partial charge is 0.221 e. The van der Waals surface area contributed by atoms with E-state index >= 15 is 0 Å². The maximum atomic E-state index is 11.9. The van der Waals surface area contributed by atoms with Crippen molar-refractivity contribution in [3.8, 4) is 11.5 Å². The normalized spacial score (nSPS) is 40.7. The third-order valence-corrected chi connectivity index (χ3v) is 13.1. The Morgan fingerprint density at radius 2 is 0.976 bits per heavy atom. The summed E-state index contributed by atoms with van der Waals surface area (Å²) in [6.45, 7) is 3.00. The molecular formula is C36H44N2O4. The quantitative estimate of drug-likeness (QED) is 0.283. The molecule has 8 aliphatic rings. The first-order valence-corrected chi connectivity index (χ1v) is 16.2. The molecule has 6 nitrogen and oxygen atoms in total. The van der Waals surface area contributed by atoms with Crippen molar-refractivity contribution in [2.24, 2.45) is 34.5 Å². The SMILES string of the molecule is CC(=O)Nc1cc(C23CC4CC(C2)CC(C25CC6CC(CC(c7ccc(O)c(NC(C)=O)c7)(C6)C2)C5)(C4)C3)ccc1O. The van der Waals surface area contributed by atoms with Crippen LogP contribution >= 0.6 is 0 Å². The van der Waals surface area contributed by atoms with Crippen molar-refractivity contribution in [1.29, 1.82) is 0 Å². The number of phenolic OH excluding ortho intramolecular Hbond substituents is 2. The molecule has 0 aromatic heterocycles. The Morgan fingerprint density at radius 1 is 0.619 bits per heavy atom. The summed E-state index contributed by atoms with van der Waals surface area (Å²) in [5.74, 6) is 2.95. The number of benzene rings is 2. The summed E-state index contributed by atoms with van der Waals surface area (Å²) in [5.41, 5.74) is 4.56. The van der Waals surface area contributed by atoms with E-state index < -0.39 is 0 Å². The van der Waals surface area contributed by atoms with Crippen LogP contribution in [-0.4, -0.2) is 22.0 Å². The number of nitrogens with one attached hydrogen (secondary N) is 2. The van der Waals surface area contributed by atoms with Gasteiger partial charge in [0.15, 0.2) is 0 Å². The maximum Gasteiger partial charge on any atom is 0.221 e. The zero-order valence-electron chi connectivity index (χ0n) is 25.0. The molecule has 2 aromatic carbocycles. The molecule has 0 spiro atoms. The fraction of sp³-hybridized carbons (Fsp3) is 0.611. The van der Waals surface area contributed by atoms with E-state index in [1.54, 1.807) is 12.1 Å². The highest BCUT2D eigenvalue weighted by atomic mass is 16.3. The lowest BCUT2D eigenvalue weighted by Gasteiger charge is -2.74. The Morgan fingerprint density at radius 3 is 1.31 bits per heavy atom. The zero-order chi connectivity index (χ0) is 29.1. The molecule has 42 heavy (non-hydrogen) atoms. The van der Waals surface area contributed by atoms with Crippen LogP contribution in [0, 0.1) is 34.5 Å². The fourth-order valence-corrected chi connectivity index (χ4v) is 12.8. The summed E-state index contributed by atoms with van der Waals surface area (Å²) in [4.78, 5) is 23.8. The van der Waals surface area contributed by atoms with Crippen LogP contribution in [0.15, 0.2) is 36.4 Å². The van der Waals surface area contributed by atoms with Gasteiger partial charge in [0.05, 0.1) is 11.4 Å². The van der Waals surface area contributed by atoms with E-state index in [9.17, 15) is 19.8 Å².